The fourth-order valence-corrected chi connectivity index (χ4v) is 5.03. The number of nitrogens with zero attached hydrogens (tertiary/aromatic N) is 3. The highest BCUT2D eigenvalue weighted by Crippen LogP contribution is 2.23. The Labute approximate surface area is 184 Å². The Kier molecular flexibility index (Phi) is 9.09. The summed E-state index contributed by atoms with van der Waals surface area (Å²) >= 11 is 0. The Morgan fingerprint density at radius 2 is 2.11 bits per heavy atom. The van der Waals surface area contributed by atoms with E-state index in [4.69, 9.17) is 0 Å². The Morgan fingerprint density at radius 3 is 2.68 bits per heavy atom. The Bertz CT molecular complexity index is 874. The molecule has 2 rings (SSSR count). The number of pyridine rings is 1. The Morgan fingerprint density at radius 1 is 1.39 bits per heavy atom. The Hall–Kier alpha value is -0.990. The number of halogens is 1. The number of rotatable bonds is 6. The second kappa shape index (κ2) is 10.2. The summed E-state index contributed by atoms with van der Waals surface area (Å²) in [4.78, 5) is 10.3. The minimum Gasteiger partial charge on any atom is -0.357 e. The van der Waals surface area contributed by atoms with Crippen molar-refractivity contribution in [3.8, 4) is 0 Å². The molecule has 28 heavy (non-hydrogen) atoms. The molecule has 0 atom stereocenters. The van der Waals surface area contributed by atoms with Crippen LogP contribution in [0, 0.1) is 0 Å². The van der Waals surface area contributed by atoms with E-state index in [9.17, 15) is 16.8 Å². The molecule has 0 aromatic carbocycles. The molecule has 0 unspecified atom stereocenters. The second-order valence-electron chi connectivity index (χ2n) is 6.82. The van der Waals surface area contributed by atoms with Crippen LogP contribution in [0.15, 0.2) is 34.4 Å². The quantitative estimate of drug-likeness (QED) is 0.231. The first-order valence-corrected chi connectivity index (χ1v) is 11.9. The zero-order valence-electron chi connectivity index (χ0n) is 16.3. The lowest BCUT2D eigenvalue weighted by Gasteiger charge is -2.39. The van der Waals surface area contributed by atoms with E-state index in [0.29, 0.717) is 25.6 Å². The monoisotopic (exact) mass is 545 g/mol. The summed E-state index contributed by atoms with van der Waals surface area (Å²) in [5.41, 5.74) is 0. The van der Waals surface area contributed by atoms with Crippen molar-refractivity contribution in [1.29, 1.82) is 0 Å². The van der Waals surface area contributed by atoms with Crippen molar-refractivity contribution in [2.75, 3.05) is 38.5 Å². The largest absolute Gasteiger partial charge is 0.357 e. The molecule has 0 amide bonds. The summed E-state index contributed by atoms with van der Waals surface area (Å²) in [6.07, 6.45) is 2.79. The van der Waals surface area contributed by atoms with Crippen LogP contribution < -0.4 is 10.0 Å². The van der Waals surface area contributed by atoms with E-state index in [1.807, 2.05) is 11.8 Å². The van der Waals surface area contributed by atoms with E-state index in [2.05, 4.69) is 20.0 Å². The lowest BCUT2D eigenvalue weighted by atomic mass is 10.2. The summed E-state index contributed by atoms with van der Waals surface area (Å²) in [6.45, 7) is 7.02. The zero-order chi connectivity index (χ0) is 20.1. The van der Waals surface area contributed by atoms with Crippen LogP contribution in [0.1, 0.15) is 20.8 Å². The predicted octanol–water partition coefficient (Wildman–Crippen LogP) is 0.452. The summed E-state index contributed by atoms with van der Waals surface area (Å²) in [5.74, 6) is 0.652. The third-order valence-electron chi connectivity index (χ3n) is 4.29. The number of hydrogen-bond acceptors (Lipinski definition) is 6. The first-order valence-electron chi connectivity index (χ1n) is 8.74. The van der Waals surface area contributed by atoms with E-state index in [-0.39, 0.29) is 47.7 Å². The van der Waals surface area contributed by atoms with Crippen LogP contribution in [0.25, 0.3) is 0 Å². The molecule has 9 nitrogen and oxygen atoms in total. The molecule has 0 spiro atoms. The van der Waals surface area contributed by atoms with Gasteiger partial charge >= 0.3 is 0 Å². The molecular formula is C16H28IN5O4S2. The van der Waals surface area contributed by atoms with Gasteiger partial charge in [0.25, 0.3) is 0 Å². The van der Waals surface area contributed by atoms with Gasteiger partial charge in [-0.2, -0.15) is 0 Å². The van der Waals surface area contributed by atoms with Gasteiger partial charge in [0.1, 0.15) is 4.90 Å². The van der Waals surface area contributed by atoms with E-state index in [1.165, 1.54) is 18.5 Å². The van der Waals surface area contributed by atoms with Crippen molar-refractivity contribution in [2.45, 2.75) is 30.4 Å². The highest BCUT2D eigenvalue weighted by Gasteiger charge is 2.40. The molecule has 0 aliphatic carbocycles. The van der Waals surface area contributed by atoms with E-state index in [0.717, 1.165) is 0 Å². The standard InChI is InChI=1S/C16H27N5O4S2.HI/c1-4-18-15(21-10-11-26(22,23)16(2,3)13-21)19-8-9-20-27(24,25)14-6-5-7-17-12-14;/h5-7,12,20H,4,8-11,13H2,1-3H3,(H,18,19);1H. The third-order valence-corrected chi connectivity index (χ3v) is 8.27. The molecule has 1 aliphatic heterocycles. The molecule has 1 aliphatic rings. The minimum atomic E-state index is -3.62. The van der Waals surface area contributed by atoms with Gasteiger partial charge in [-0.3, -0.25) is 9.98 Å². The fourth-order valence-electron chi connectivity index (χ4n) is 2.68. The van der Waals surface area contributed by atoms with Crippen molar-refractivity contribution in [2.24, 2.45) is 4.99 Å². The smallest absolute Gasteiger partial charge is 0.242 e. The minimum absolute atomic E-state index is 0. The van der Waals surface area contributed by atoms with Crippen LogP contribution in [-0.4, -0.2) is 75.9 Å². The third kappa shape index (κ3) is 6.26. The van der Waals surface area contributed by atoms with Crippen LogP contribution in [0.2, 0.25) is 0 Å². The maximum Gasteiger partial charge on any atom is 0.242 e. The summed E-state index contributed by atoms with van der Waals surface area (Å²) in [5, 5.41) is 3.14. The number of guanidine groups is 1. The maximum atomic E-state index is 12.2. The number of aromatic nitrogens is 1. The first-order chi connectivity index (χ1) is 12.6. The number of sulfonamides is 1. The van der Waals surface area contributed by atoms with Crippen LogP contribution in [0.4, 0.5) is 0 Å². The number of hydrogen-bond donors (Lipinski definition) is 2. The van der Waals surface area contributed by atoms with Gasteiger partial charge in [0, 0.05) is 38.6 Å². The number of aliphatic imine (C=N–C) groups is 1. The summed E-state index contributed by atoms with van der Waals surface area (Å²) in [7, 11) is -6.76. The van der Waals surface area contributed by atoms with Gasteiger partial charge in [0.15, 0.2) is 15.8 Å². The van der Waals surface area contributed by atoms with E-state index < -0.39 is 24.6 Å². The second-order valence-corrected chi connectivity index (χ2v) is 11.3. The number of sulfone groups is 1. The van der Waals surface area contributed by atoms with Gasteiger partial charge in [0.05, 0.1) is 17.0 Å². The normalized spacial score (nSPS) is 19.0. The van der Waals surface area contributed by atoms with Gasteiger partial charge in [0.2, 0.25) is 10.0 Å². The highest BCUT2D eigenvalue weighted by molar-refractivity contribution is 14.0. The van der Waals surface area contributed by atoms with Gasteiger partial charge in [-0.25, -0.2) is 21.6 Å². The van der Waals surface area contributed by atoms with Crippen molar-refractivity contribution >= 4 is 49.8 Å². The van der Waals surface area contributed by atoms with Crippen LogP contribution in [0.3, 0.4) is 0 Å². The molecule has 1 aromatic rings. The van der Waals surface area contributed by atoms with Crippen molar-refractivity contribution in [3.63, 3.8) is 0 Å². The summed E-state index contributed by atoms with van der Waals surface area (Å²) in [6, 6.07) is 3.03. The zero-order valence-corrected chi connectivity index (χ0v) is 20.2. The van der Waals surface area contributed by atoms with Crippen LogP contribution in [0.5, 0.6) is 0 Å². The van der Waals surface area contributed by atoms with Crippen molar-refractivity contribution < 1.29 is 16.8 Å². The highest BCUT2D eigenvalue weighted by atomic mass is 127. The van der Waals surface area contributed by atoms with Crippen LogP contribution in [-0.2, 0) is 19.9 Å². The van der Waals surface area contributed by atoms with E-state index >= 15 is 0 Å². The fraction of sp³-hybridized carbons (Fsp3) is 0.625. The molecule has 0 saturated carbocycles. The van der Waals surface area contributed by atoms with Gasteiger partial charge in [-0.05, 0) is 32.9 Å². The maximum absolute atomic E-state index is 12.2. The first kappa shape index (κ1) is 25.0. The average molecular weight is 545 g/mol. The van der Waals surface area contributed by atoms with Crippen molar-refractivity contribution in [3.05, 3.63) is 24.5 Å². The molecule has 0 radical (unpaired) electrons. The molecule has 1 aromatic heterocycles. The topological polar surface area (TPSA) is 121 Å². The van der Waals surface area contributed by atoms with Gasteiger partial charge in [-0.15, -0.1) is 24.0 Å². The number of nitrogens with one attached hydrogen (secondary N) is 2. The van der Waals surface area contributed by atoms with Crippen molar-refractivity contribution in [1.82, 2.24) is 19.9 Å². The molecule has 1 saturated heterocycles. The van der Waals surface area contributed by atoms with Gasteiger partial charge < -0.3 is 10.2 Å². The molecule has 0 bridgehead atoms. The van der Waals surface area contributed by atoms with Gasteiger partial charge in [-0.1, -0.05) is 0 Å². The predicted molar refractivity (Wildman–Crippen MR) is 120 cm³/mol. The lowest BCUT2D eigenvalue weighted by Crippen LogP contribution is -2.57. The van der Waals surface area contributed by atoms with E-state index in [1.54, 1.807) is 19.9 Å². The molecule has 160 valence electrons. The molecule has 2 heterocycles. The molecule has 12 heteroatoms. The lowest BCUT2D eigenvalue weighted by molar-refractivity contribution is 0.353. The molecule has 1 fully saturated rings. The molecular weight excluding hydrogens is 517 g/mol. The SMILES string of the molecule is CCNC(=NCCNS(=O)(=O)c1cccnc1)N1CCS(=O)(=O)C(C)(C)C1.I. The summed E-state index contributed by atoms with van der Waals surface area (Å²) < 4.78 is 50.3. The Balaban J connectivity index is 0.00000392. The van der Waals surface area contributed by atoms with Crippen LogP contribution >= 0.6 is 24.0 Å². The molecule has 2 N–H and O–H groups in total. The average Bonchev–Trinajstić information content (AvgIpc) is 2.61.